The highest BCUT2D eigenvalue weighted by molar-refractivity contribution is 8.01. The van der Waals surface area contributed by atoms with Crippen molar-refractivity contribution in [3.63, 3.8) is 0 Å². The lowest BCUT2D eigenvalue weighted by Crippen LogP contribution is -2.11. The number of benzene rings is 4. The van der Waals surface area contributed by atoms with Gasteiger partial charge in [-0.25, -0.2) is 4.98 Å². The monoisotopic (exact) mass is 514 g/mol. The van der Waals surface area contributed by atoms with Gasteiger partial charge in [-0.1, -0.05) is 78.0 Å². The lowest BCUT2D eigenvalue weighted by molar-refractivity contribution is 0.101. The number of Topliss-reactive ketones (excluding diaryl/α,β-unsaturated/α-hetero) is 1. The van der Waals surface area contributed by atoms with Crippen molar-refractivity contribution < 1.29 is 9.59 Å². The Morgan fingerprint density at radius 1 is 0.829 bits per heavy atom. The molecule has 0 atom stereocenters. The normalized spacial score (nSPS) is 10.9. The Balaban J connectivity index is 1.22. The molecule has 4 nitrogen and oxygen atoms in total. The lowest BCUT2D eigenvalue weighted by Gasteiger charge is -2.05. The van der Waals surface area contributed by atoms with Gasteiger partial charge in [0.15, 0.2) is 10.1 Å². The largest absolute Gasteiger partial charge is 0.322 e. The van der Waals surface area contributed by atoms with Crippen molar-refractivity contribution in [1.82, 2.24) is 4.98 Å². The van der Waals surface area contributed by atoms with Crippen molar-refractivity contribution in [2.75, 3.05) is 11.1 Å². The Hall–Kier alpha value is -3.45. The molecule has 5 aromatic rings. The van der Waals surface area contributed by atoms with Crippen LogP contribution in [0.25, 0.3) is 21.3 Å². The lowest BCUT2D eigenvalue weighted by atomic mass is 10.0. The fourth-order valence-electron chi connectivity index (χ4n) is 3.54. The van der Waals surface area contributed by atoms with Gasteiger partial charge in [0.05, 0.1) is 16.0 Å². The first-order valence-corrected chi connectivity index (χ1v) is 13.0. The highest BCUT2D eigenvalue weighted by Crippen LogP contribution is 2.32. The number of thiazole rings is 1. The molecule has 35 heavy (non-hydrogen) atoms. The molecule has 0 radical (unpaired) electrons. The van der Waals surface area contributed by atoms with Crippen LogP contribution in [0.5, 0.6) is 0 Å². The summed E-state index contributed by atoms with van der Waals surface area (Å²) in [5.41, 5.74) is 4.95. The van der Waals surface area contributed by atoms with Crippen molar-refractivity contribution >= 4 is 62.3 Å². The van der Waals surface area contributed by atoms with Crippen LogP contribution in [0, 0.1) is 0 Å². The molecule has 0 aliphatic rings. The van der Waals surface area contributed by atoms with Crippen LogP contribution in [0.15, 0.2) is 101 Å². The molecule has 1 amide bonds. The van der Waals surface area contributed by atoms with Gasteiger partial charge in [-0.05, 0) is 53.6 Å². The van der Waals surface area contributed by atoms with Gasteiger partial charge in [0.2, 0.25) is 0 Å². The van der Waals surface area contributed by atoms with E-state index in [-0.39, 0.29) is 11.7 Å². The number of carbonyl (C=O) groups is 2. The molecule has 0 saturated heterocycles. The van der Waals surface area contributed by atoms with Gasteiger partial charge in [-0.15, -0.1) is 11.3 Å². The maximum Gasteiger partial charge on any atom is 0.255 e. The second-order valence-corrected chi connectivity index (χ2v) is 10.5. The van der Waals surface area contributed by atoms with E-state index in [1.165, 1.54) is 23.1 Å². The average Bonchev–Trinajstić information content (AvgIpc) is 3.30. The number of hydrogen-bond acceptors (Lipinski definition) is 5. The molecule has 0 unspecified atom stereocenters. The summed E-state index contributed by atoms with van der Waals surface area (Å²) in [6.07, 6.45) is 0. The molecule has 7 heteroatoms. The van der Waals surface area contributed by atoms with E-state index >= 15 is 0 Å². The van der Waals surface area contributed by atoms with Gasteiger partial charge in [0.25, 0.3) is 5.91 Å². The molecule has 172 valence electrons. The number of carbonyl (C=O) groups excluding carboxylic acids is 2. The number of nitrogens with one attached hydrogen (secondary N) is 1. The second kappa shape index (κ2) is 10.4. The molecule has 4 aromatic carbocycles. The summed E-state index contributed by atoms with van der Waals surface area (Å²) in [4.78, 5) is 29.8. The number of hydrogen-bond donors (Lipinski definition) is 1. The molecule has 1 aromatic heterocycles. The predicted octanol–water partition coefficient (Wildman–Crippen LogP) is 7.84. The van der Waals surface area contributed by atoms with Gasteiger partial charge in [0, 0.05) is 21.8 Å². The van der Waals surface area contributed by atoms with Crippen molar-refractivity contribution in [1.29, 1.82) is 0 Å². The van der Waals surface area contributed by atoms with Crippen LogP contribution in [0.3, 0.4) is 0 Å². The first kappa shape index (κ1) is 23.3. The number of fused-ring (bicyclic) bond motifs is 1. The van der Waals surface area contributed by atoms with Crippen molar-refractivity contribution in [3.05, 3.63) is 113 Å². The molecular weight excluding hydrogens is 496 g/mol. The van der Waals surface area contributed by atoms with Gasteiger partial charge < -0.3 is 5.32 Å². The third kappa shape index (κ3) is 5.62. The number of ketones is 1. The molecule has 5 rings (SSSR count). The Labute approximate surface area is 216 Å². The number of halogens is 1. The van der Waals surface area contributed by atoms with E-state index < -0.39 is 0 Å². The van der Waals surface area contributed by atoms with Gasteiger partial charge in [-0.2, -0.15) is 0 Å². The summed E-state index contributed by atoms with van der Waals surface area (Å²) in [5, 5.41) is 3.49. The molecule has 1 heterocycles. The van der Waals surface area contributed by atoms with Crippen molar-refractivity contribution in [2.45, 2.75) is 4.34 Å². The summed E-state index contributed by atoms with van der Waals surface area (Å²) < 4.78 is 1.76. The Bertz CT molecular complexity index is 1500. The van der Waals surface area contributed by atoms with Gasteiger partial charge in [-0.3, -0.25) is 9.59 Å². The third-order valence-electron chi connectivity index (χ3n) is 5.37. The van der Waals surface area contributed by atoms with E-state index in [4.69, 9.17) is 11.6 Å². The van der Waals surface area contributed by atoms with Crippen LogP contribution in [0.1, 0.15) is 20.7 Å². The molecule has 0 aliphatic carbocycles. The maximum atomic E-state index is 12.7. The van der Waals surface area contributed by atoms with E-state index in [1.54, 1.807) is 24.3 Å². The van der Waals surface area contributed by atoms with Gasteiger partial charge >= 0.3 is 0 Å². The first-order valence-electron chi connectivity index (χ1n) is 10.8. The molecular formula is C28H19ClN2O2S2. The third-order valence-corrected chi connectivity index (χ3v) is 7.79. The van der Waals surface area contributed by atoms with Crippen LogP contribution in [0.4, 0.5) is 5.69 Å². The molecule has 0 bridgehead atoms. The molecule has 0 fully saturated rings. The van der Waals surface area contributed by atoms with Crippen LogP contribution >= 0.6 is 34.7 Å². The number of aromatic nitrogens is 1. The summed E-state index contributed by atoms with van der Waals surface area (Å²) in [6, 6.07) is 30.1. The Kier molecular flexibility index (Phi) is 6.95. The second-order valence-electron chi connectivity index (χ2n) is 7.78. The maximum absolute atomic E-state index is 12.7. The molecule has 0 saturated carbocycles. The Morgan fingerprint density at radius 2 is 1.51 bits per heavy atom. The van der Waals surface area contributed by atoms with E-state index in [2.05, 4.69) is 10.3 Å². The van der Waals surface area contributed by atoms with E-state index in [0.717, 1.165) is 25.7 Å². The number of thioether (sulfide) groups is 1. The summed E-state index contributed by atoms with van der Waals surface area (Å²) >= 11 is 8.82. The molecule has 1 N–H and O–H groups in total. The highest BCUT2D eigenvalue weighted by atomic mass is 35.5. The first-order chi connectivity index (χ1) is 17.0. The van der Waals surface area contributed by atoms with Crippen molar-refractivity contribution in [2.24, 2.45) is 0 Å². The fourth-order valence-corrected chi connectivity index (χ4v) is 5.67. The van der Waals surface area contributed by atoms with Gasteiger partial charge in [0.1, 0.15) is 0 Å². The minimum atomic E-state index is -0.205. The van der Waals surface area contributed by atoms with Crippen molar-refractivity contribution in [3.8, 4) is 11.1 Å². The quantitative estimate of drug-likeness (QED) is 0.177. The van der Waals surface area contributed by atoms with E-state index in [9.17, 15) is 9.59 Å². The molecule has 0 spiro atoms. The van der Waals surface area contributed by atoms with E-state index in [0.29, 0.717) is 27.6 Å². The number of anilines is 1. The number of amides is 1. The van der Waals surface area contributed by atoms with Crippen LogP contribution < -0.4 is 5.32 Å². The Morgan fingerprint density at radius 3 is 2.26 bits per heavy atom. The topological polar surface area (TPSA) is 59.1 Å². The van der Waals surface area contributed by atoms with Crippen LogP contribution in [-0.2, 0) is 0 Å². The zero-order valence-electron chi connectivity index (χ0n) is 18.4. The van der Waals surface area contributed by atoms with E-state index in [1.807, 2.05) is 72.8 Å². The standard InChI is InChI=1S/C28H19ClN2O2S2/c29-22-12-10-21(11-13-22)27(33)30-23-14-15-24-26(16-23)35-28(31-24)34-17-25(32)20-8-6-19(7-9-20)18-4-2-1-3-5-18/h1-16H,17H2,(H,30,33). The molecule has 0 aliphatic heterocycles. The predicted molar refractivity (Wildman–Crippen MR) is 146 cm³/mol. The minimum Gasteiger partial charge on any atom is -0.322 e. The van der Waals surface area contributed by atoms with Crippen LogP contribution in [0.2, 0.25) is 5.02 Å². The summed E-state index contributed by atoms with van der Waals surface area (Å²) in [5.74, 6) is 0.166. The fraction of sp³-hybridized carbons (Fsp3) is 0.0357. The summed E-state index contributed by atoms with van der Waals surface area (Å²) in [7, 11) is 0. The number of nitrogens with zero attached hydrogens (tertiary/aromatic N) is 1. The smallest absolute Gasteiger partial charge is 0.255 e. The minimum absolute atomic E-state index is 0.0600. The summed E-state index contributed by atoms with van der Waals surface area (Å²) in [6.45, 7) is 0. The SMILES string of the molecule is O=C(CSc1nc2ccc(NC(=O)c3ccc(Cl)cc3)cc2s1)c1ccc(-c2ccccc2)cc1. The zero-order valence-corrected chi connectivity index (χ0v) is 20.8. The zero-order chi connectivity index (χ0) is 24.2. The van der Waals surface area contributed by atoms with Crippen LogP contribution in [-0.4, -0.2) is 22.4 Å². The average molecular weight is 515 g/mol. The highest BCUT2D eigenvalue weighted by Gasteiger charge is 2.12. The number of rotatable bonds is 7.